The highest BCUT2D eigenvalue weighted by atomic mass is 19.1. The van der Waals surface area contributed by atoms with Crippen molar-refractivity contribution in [2.24, 2.45) is 0 Å². The predicted molar refractivity (Wildman–Crippen MR) is 87.9 cm³/mol. The van der Waals surface area contributed by atoms with Crippen LogP contribution < -0.4 is 14.2 Å². The number of benzene rings is 1. The SMILES string of the molecule is O=C(c1cccnc1F)N1CCOC(COc2ccc3c(c2)OCO3)C1. The largest absolute Gasteiger partial charge is 0.491 e. The zero-order valence-corrected chi connectivity index (χ0v) is 13.9. The molecule has 0 saturated carbocycles. The molecule has 1 atom stereocenters. The average molecular weight is 360 g/mol. The highest BCUT2D eigenvalue weighted by Crippen LogP contribution is 2.35. The van der Waals surface area contributed by atoms with Crippen LogP contribution in [-0.2, 0) is 4.74 Å². The number of pyridine rings is 1. The van der Waals surface area contributed by atoms with Crippen molar-refractivity contribution in [3.8, 4) is 17.2 Å². The van der Waals surface area contributed by atoms with Gasteiger partial charge in [0, 0.05) is 18.8 Å². The van der Waals surface area contributed by atoms with Crippen LogP contribution in [0.25, 0.3) is 0 Å². The fraction of sp³-hybridized carbons (Fsp3) is 0.333. The van der Waals surface area contributed by atoms with Gasteiger partial charge in [0.2, 0.25) is 12.7 Å². The normalized spacial score (nSPS) is 18.7. The average Bonchev–Trinajstić information content (AvgIpc) is 3.14. The standard InChI is InChI=1S/C18H17FN2O5/c19-17-14(2-1-5-20-17)18(22)21-6-7-23-13(9-21)10-24-12-3-4-15-16(8-12)26-11-25-15/h1-5,8,13H,6-7,9-11H2. The van der Waals surface area contributed by atoms with Crippen LogP contribution in [0, 0.1) is 5.95 Å². The summed E-state index contributed by atoms with van der Waals surface area (Å²) in [5.74, 6) is 0.779. The van der Waals surface area contributed by atoms with E-state index in [2.05, 4.69) is 4.98 Å². The lowest BCUT2D eigenvalue weighted by molar-refractivity contribution is -0.0402. The number of aromatic nitrogens is 1. The van der Waals surface area contributed by atoms with Gasteiger partial charge >= 0.3 is 0 Å². The van der Waals surface area contributed by atoms with Crippen LogP contribution in [-0.4, -0.2) is 55.0 Å². The monoisotopic (exact) mass is 360 g/mol. The van der Waals surface area contributed by atoms with Gasteiger partial charge in [0.1, 0.15) is 18.5 Å². The molecule has 0 N–H and O–H groups in total. The molecule has 4 rings (SSSR count). The van der Waals surface area contributed by atoms with Gasteiger partial charge in [-0.1, -0.05) is 0 Å². The molecule has 2 aliphatic heterocycles. The number of hydrogen-bond donors (Lipinski definition) is 0. The molecule has 1 aromatic carbocycles. The van der Waals surface area contributed by atoms with Crippen LogP contribution in [0.1, 0.15) is 10.4 Å². The Labute approximate surface area is 149 Å². The van der Waals surface area contributed by atoms with Crippen LogP contribution in [0.2, 0.25) is 0 Å². The summed E-state index contributed by atoms with van der Waals surface area (Å²) in [5, 5.41) is 0. The summed E-state index contributed by atoms with van der Waals surface area (Å²) < 4.78 is 35.7. The zero-order chi connectivity index (χ0) is 17.9. The van der Waals surface area contributed by atoms with Gasteiger partial charge in [-0.05, 0) is 24.3 Å². The van der Waals surface area contributed by atoms with Gasteiger partial charge in [0.25, 0.3) is 5.91 Å². The Morgan fingerprint density at radius 2 is 2.19 bits per heavy atom. The highest BCUT2D eigenvalue weighted by molar-refractivity contribution is 5.94. The van der Waals surface area contributed by atoms with Crippen LogP contribution in [0.15, 0.2) is 36.5 Å². The van der Waals surface area contributed by atoms with Gasteiger partial charge in [-0.2, -0.15) is 4.39 Å². The van der Waals surface area contributed by atoms with Gasteiger partial charge in [0.05, 0.1) is 18.7 Å². The van der Waals surface area contributed by atoms with Crippen molar-refractivity contribution in [2.45, 2.75) is 6.10 Å². The molecule has 1 saturated heterocycles. The second kappa shape index (κ2) is 7.17. The second-order valence-electron chi connectivity index (χ2n) is 5.91. The predicted octanol–water partition coefficient (Wildman–Crippen LogP) is 1.87. The molecule has 1 aromatic heterocycles. The quantitative estimate of drug-likeness (QED) is 0.776. The fourth-order valence-corrected chi connectivity index (χ4v) is 2.88. The van der Waals surface area contributed by atoms with Crippen molar-refractivity contribution in [3.63, 3.8) is 0 Å². The van der Waals surface area contributed by atoms with Crippen molar-refractivity contribution in [1.29, 1.82) is 0 Å². The van der Waals surface area contributed by atoms with Crippen LogP contribution in [0.5, 0.6) is 17.2 Å². The van der Waals surface area contributed by atoms with E-state index in [4.69, 9.17) is 18.9 Å². The third kappa shape index (κ3) is 3.41. The summed E-state index contributed by atoms with van der Waals surface area (Å²) in [6, 6.07) is 8.28. The summed E-state index contributed by atoms with van der Waals surface area (Å²) in [6.45, 7) is 1.54. The molecule has 1 amide bonds. The number of morpholine rings is 1. The first-order valence-corrected chi connectivity index (χ1v) is 8.24. The lowest BCUT2D eigenvalue weighted by Crippen LogP contribution is -2.47. The van der Waals surface area contributed by atoms with Gasteiger partial charge in [0.15, 0.2) is 11.5 Å². The van der Waals surface area contributed by atoms with Crippen molar-refractivity contribution < 1.29 is 28.1 Å². The molecular formula is C18H17FN2O5. The Kier molecular flexibility index (Phi) is 4.57. The number of fused-ring (bicyclic) bond motifs is 1. The second-order valence-corrected chi connectivity index (χ2v) is 5.91. The summed E-state index contributed by atoms with van der Waals surface area (Å²) in [7, 11) is 0. The van der Waals surface area contributed by atoms with Crippen LogP contribution >= 0.6 is 0 Å². The van der Waals surface area contributed by atoms with Gasteiger partial charge in [-0.15, -0.1) is 0 Å². The topological polar surface area (TPSA) is 70.1 Å². The molecule has 7 nitrogen and oxygen atoms in total. The van der Waals surface area contributed by atoms with E-state index in [0.29, 0.717) is 36.9 Å². The summed E-state index contributed by atoms with van der Waals surface area (Å²) >= 11 is 0. The molecule has 2 aliphatic rings. The molecule has 2 aromatic rings. The lowest BCUT2D eigenvalue weighted by atomic mass is 10.2. The first kappa shape index (κ1) is 16.6. The Morgan fingerprint density at radius 3 is 3.08 bits per heavy atom. The van der Waals surface area contributed by atoms with Gasteiger partial charge in [-0.3, -0.25) is 4.79 Å². The fourth-order valence-electron chi connectivity index (χ4n) is 2.88. The Balaban J connectivity index is 1.36. The van der Waals surface area contributed by atoms with E-state index in [-0.39, 0.29) is 25.1 Å². The molecule has 0 radical (unpaired) electrons. The molecule has 0 aliphatic carbocycles. The van der Waals surface area contributed by atoms with E-state index in [0.717, 1.165) is 0 Å². The minimum Gasteiger partial charge on any atom is -0.491 e. The number of nitrogens with zero attached hydrogens (tertiary/aromatic N) is 2. The van der Waals surface area contributed by atoms with Gasteiger partial charge < -0.3 is 23.8 Å². The molecule has 1 unspecified atom stereocenters. The maximum absolute atomic E-state index is 13.7. The van der Waals surface area contributed by atoms with Crippen molar-refractivity contribution in [1.82, 2.24) is 9.88 Å². The molecule has 8 heteroatoms. The number of ether oxygens (including phenoxy) is 4. The highest BCUT2D eigenvalue weighted by Gasteiger charge is 2.27. The molecule has 1 fully saturated rings. The van der Waals surface area contributed by atoms with E-state index in [9.17, 15) is 9.18 Å². The summed E-state index contributed by atoms with van der Waals surface area (Å²) in [6.07, 6.45) is 1.01. The first-order chi connectivity index (χ1) is 12.7. The Bertz CT molecular complexity index is 816. The molecule has 3 heterocycles. The zero-order valence-electron chi connectivity index (χ0n) is 13.9. The van der Waals surface area contributed by atoms with Crippen molar-refractivity contribution in [2.75, 3.05) is 33.1 Å². The third-order valence-electron chi connectivity index (χ3n) is 4.20. The third-order valence-corrected chi connectivity index (χ3v) is 4.20. The smallest absolute Gasteiger partial charge is 0.258 e. The van der Waals surface area contributed by atoms with Crippen molar-refractivity contribution >= 4 is 5.91 Å². The Hall–Kier alpha value is -2.87. The van der Waals surface area contributed by atoms with Crippen LogP contribution in [0.4, 0.5) is 4.39 Å². The molecular weight excluding hydrogens is 343 g/mol. The van der Waals surface area contributed by atoms with Crippen LogP contribution in [0.3, 0.4) is 0 Å². The van der Waals surface area contributed by atoms with Crippen molar-refractivity contribution in [3.05, 3.63) is 48.0 Å². The first-order valence-electron chi connectivity index (χ1n) is 8.24. The van der Waals surface area contributed by atoms with E-state index in [1.165, 1.54) is 18.3 Å². The van der Waals surface area contributed by atoms with E-state index >= 15 is 0 Å². The number of rotatable bonds is 4. The maximum Gasteiger partial charge on any atom is 0.258 e. The molecule has 136 valence electrons. The minimum absolute atomic E-state index is 0.0372. The maximum atomic E-state index is 13.7. The van der Waals surface area contributed by atoms with E-state index in [1.54, 1.807) is 23.1 Å². The molecule has 26 heavy (non-hydrogen) atoms. The Morgan fingerprint density at radius 1 is 1.31 bits per heavy atom. The molecule has 0 bridgehead atoms. The van der Waals surface area contributed by atoms with E-state index < -0.39 is 11.9 Å². The number of carbonyl (C=O) groups is 1. The summed E-state index contributed by atoms with van der Waals surface area (Å²) in [5.41, 5.74) is -0.0372. The van der Waals surface area contributed by atoms with E-state index in [1.807, 2.05) is 0 Å². The molecule has 0 spiro atoms. The number of hydrogen-bond acceptors (Lipinski definition) is 6. The van der Waals surface area contributed by atoms with Gasteiger partial charge in [-0.25, -0.2) is 4.98 Å². The number of halogens is 1. The lowest BCUT2D eigenvalue weighted by Gasteiger charge is -2.32. The summed E-state index contributed by atoms with van der Waals surface area (Å²) in [4.78, 5) is 17.6. The number of carbonyl (C=O) groups excluding carboxylic acids is 1. The minimum atomic E-state index is -0.767. The number of amides is 1.